The Labute approximate surface area is 117 Å². The quantitative estimate of drug-likeness (QED) is 0.919. The van der Waals surface area contributed by atoms with E-state index in [1.165, 1.54) is 30.6 Å². The Morgan fingerprint density at radius 1 is 1.39 bits per heavy atom. The fourth-order valence-electron chi connectivity index (χ4n) is 1.63. The Kier molecular flexibility index (Phi) is 4.04. The summed E-state index contributed by atoms with van der Waals surface area (Å²) in [5.41, 5.74) is 1.69. The highest BCUT2D eigenvalue weighted by molar-refractivity contribution is 9.11. The van der Waals surface area contributed by atoms with Gasteiger partial charge in [-0.2, -0.15) is 0 Å². The molecule has 0 saturated carbocycles. The minimum atomic E-state index is -0.769. The van der Waals surface area contributed by atoms with Gasteiger partial charge in [0.1, 0.15) is 6.10 Å². The third-order valence-corrected chi connectivity index (χ3v) is 4.83. The SMILES string of the molecule is COc1cc(C(O)c2cc(C)c(Br)s2)ccc1F. The van der Waals surface area contributed by atoms with E-state index in [2.05, 4.69) is 15.9 Å². The number of hydrogen-bond donors (Lipinski definition) is 1. The number of halogens is 2. The maximum Gasteiger partial charge on any atom is 0.165 e. The van der Waals surface area contributed by atoms with Crippen molar-refractivity contribution in [1.82, 2.24) is 0 Å². The fourth-order valence-corrected chi connectivity index (χ4v) is 3.21. The van der Waals surface area contributed by atoms with Gasteiger partial charge in [0.25, 0.3) is 0 Å². The van der Waals surface area contributed by atoms with Crippen LogP contribution >= 0.6 is 27.3 Å². The summed E-state index contributed by atoms with van der Waals surface area (Å²) in [6.45, 7) is 1.96. The van der Waals surface area contributed by atoms with Gasteiger partial charge in [0, 0.05) is 4.88 Å². The highest BCUT2D eigenvalue weighted by Gasteiger charge is 2.16. The highest BCUT2D eigenvalue weighted by atomic mass is 79.9. The maximum absolute atomic E-state index is 13.3. The molecule has 0 bridgehead atoms. The molecule has 5 heteroatoms. The van der Waals surface area contributed by atoms with Crippen molar-refractivity contribution in [2.45, 2.75) is 13.0 Å². The third kappa shape index (κ3) is 2.58. The molecular formula is C13H12BrFO2S. The molecule has 0 fully saturated rings. The summed E-state index contributed by atoms with van der Waals surface area (Å²) >= 11 is 4.89. The maximum atomic E-state index is 13.3. The van der Waals surface area contributed by atoms with Gasteiger partial charge in [-0.3, -0.25) is 0 Å². The molecule has 1 atom stereocenters. The number of thiophene rings is 1. The van der Waals surface area contributed by atoms with E-state index in [1.54, 1.807) is 6.07 Å². The topological polar surface area (TPSA) is 29.5 Å². The van der Waals surface area contributed by atoms with Crippen molar-refractivity contribution in [2.24, 2.45) is 0 Å². The smallest absolute Gasteiger partial charge is 0.165 e. The van der Waals surface area contributed by atoms with Crippen molar-refractivity contribution in [3.8, 4) is 5.75 Å². The molecule has 96 valence electrons. The Balaban J connectivity index is 2.36. The lowest BCUT2D eigenvalue weighted by atomic mass is 10.1. The second-order valence-electron chi connectivity index (χ2n) is 3.90. The molecule has 0 spiro atoms. The number of hydrogen-bond acceptors (Lipinski definition) is 3. The van der Waals surface area contributed by atoms with Crippen LogP contribution in [0.15, 0.2) is 28.1 Å². The van der Waals surface area contributed by atoms with Crippen LogP contribution in [0.2, 0.25) is 0 Å². The number of aliphatic hydroxyl groups is 1. The van der Waals surface area contributed by atoms with E-state index >= 15 is 0 Å². The summed E-state index contributed by atoms with van der Waals surface area (Å²) in [7, 11) is 1.40. The van der Waals surface area contributed by atoms with Gasteiger partial charge >= 0.3 is 0 Å². The molecule has 2 rings (SSSR count). The van der Waals surface area contributed by atoms with Crippen molar-refractivity contribution in [1.29, 1.82) is 0 Å². The summed E-state index contributed by atoms with van der Waals surface area (Å²) in [5.74, 6) is -0.295. The molecule has 0 saturated heterocycles. The van der Waals surface area contributed by atoms with Gasteiger partial charge < -0.3 is 9.84 Å². The average Bonchev–Trinajstić information content (AvgIpc) is 2.69. The molecule has 0 radical (unpaired) electrons. The molecule has 2 nitrogen and oxygen atoms in total. The number of rotatable bonds is 3. The zero-order valence-corrected chi connectivity index (χ0v) is 12.3. The van der Waals surface area contributed by atoms with E-state index in [0.29, 0.717) is 5.56 Å². The van der Waals surface area contributed by atoms with Crippen LogP contribution in [0.5, 0.6) is 5.75 Å². The Morgan fingerprint density at radius 3 is 2.67 bits per heavy atom. The van der Waals surface area contributed by atoms with Crippen LogP contribution in [0.3, 0.4) is 0 Å². The van der Waals surface area contributed by atoms with E-state index in [9.17, 15) is 9.50 Å². The van der Waals surface area contributed by atoms with Gasteiger partial charge in [-0.25, -0.2) is 4.39 Å². The molecule has 18 heavy (non-hydrogen) atoms. The Bertz CT molecular complexity index is 549. The van der Waals surface area contributed by atoms with Crippen LogP contribution in [-0.2, 0) is 0 Å². The van der Waals surface area contributed by atoms with Gasteiger partial charge in [-0.05, 0) is 52.2 Å². The van der Waals surface area contributed by atoms with E-state index in [4.69, 9.17) is 4.74 Å². The number of methoxy groups -OCH3 is 1. The lowest BCUT2D eigenvalue weighted by molar-refractivity contribution is 0.223. The van der Waals surface area contributed by atoms with Crippen LogP contribution in [0.1, 0.15) is 22.1 Å². The zero-order chi connectivity index (χ0) is 13.3. The molecule has 0 aliphatic carbocycles. The van der Waals surface area contributed by atoms with Crippen LogP contribution in [0.25, 0.3) is 0 Å². The standard InChI is InChI=1S/C13H12BrFO2S/c1-7-5-11(18-13(7)14)12(16)8-3-4-9(15)10(6-8)17-2/h3-6,12,16H,1-2H3. The van der Waals surface area contributed by atoms with Gasteiger partial charge in [-0.1, -0.05) is 6.07 Å². The van der Waals surface area contributed by atoms with Crippen molar-refractivity contribution < 1.29 is 14.2 Å². The molecule has 1 heterocycles. The van der Waals surface area contributed by atoms with Crippen molar-refractivity contribution >= 4 is 27.3 Å². The van der Waals surface area contributed by atoms with Gasteiger partial charge in [0.05, 0.1) is 10.9 Å². The van der Waals surface area contributed by atoms with Gasteiger partial charge in [0.15, 0.2) is 11.6 Å². The number of aryl methyl sites for hydroxylation is 1. The highest BCUT2D eigenvalue weighted by Crippen LogP contribution is 2.35. The first kappa shape index (κ1) is 13.5. The molecule has 2 aromatic rings. The largest absolute Gasteiger partial charge is 0.494 e. The van der Waals surface area contributed by atoms with E-state index < -0.39 is 11.9 Å². The van der Waals surface area contributed by atoms with E-state index in [1.807, 2.05) is 13.0 Å². The molecule has 1 unspecified atom stereocenters. The first-order valence-electron chi connectivity index (χ1n) is 5.30. The summed E-state index contributed by atoms with van der Waals surface area (Å²) in [6, 6.07) is 6.29. The summed E-state index contributed by atoms with van der Waals surface area (Å²) in [6.07, 6.45) is -0.769. The second-order valence-corrected chi connectivity index (χ2v) is 6.30. The predicted molar refractivity (Wildman–Crippen MR) is 73.8 cm³/mol. The van der Waals surface area contributed by atoms with Crippen LogP contribution in [0, 0.1) is 12.7 Å². The van der Waals surface area contributed by atoms with Gasteiger partial charge in [-0.15, -0.1) is 11.3 Å². The minimum absolute atomic E-state index is 0.138. The van der Waals surface area contributed by atoms with Crippen LogP contribution < -0.4 is 4.74 Å². The van der Waals surface area contributed by atoms with Gasteiger partial charge in [0.2, 0.25) is 0 Å². The summed E-state index contributed by atoms with van der Waals surface area (Å²) in [5, 5.41) is 10.3. The Morgan fingerprint density at radius 2 is 2.11 bits per heavy atom. The Hall–Kier alpha value is -0.910. The molecule has 1 N–H and O–H groups in total. The number of aliphatic hydroxyl groups excluding tert-OH is 1. The monoisotopic (exact) mass is 330 g/mol. The summed E-state index contributed by atoms with van der Waals surface area (Å²) in [4.78, 5) is 0.813. The first-order valence-corrected chi connectivity index (χ1v) is 6.91. The zero-order valence-electron chi connectivity index (χ0n) is 9.91. The van der Waals surface area contributed by atoms with E-state index in [0.717, 1.165) is 14.2 Å². The molecule has 1 aromatic carbocycles. The molecule has 1 aromatic heterocycles. The molecule has 0 aliphatic heterocycles. The molecule has 0 aliphatic rings. The minimum Gasteiger partial charge on any atom is -0.494 e. The van der Waals surface area contributed by atoms with Crippen LogP contribution in [-0.4, -0.2) is 12.2 Å². The number of benzene rings is 1. The van der Waals surface area contributed by atoms with Crippen molar-refractivity contribution in [2.75, 3.05) is 7.11 Å². The predicted octanol–water partition coefficient (Wildman–Crippen LogP) is 4.05. The van der Waals surface area contributed by atoms with Crippen molar-refractivity contribution in [3.05, 3.63) is 49.9 Å². The summed E-state index contributed by atoms with van der Waals surface area (Å²) < 4.78 is 19.2. The fraction of sp³-hybridized carbons (Fsp3) is 0.231. The lowest BCUT2D eigenvalue weighted by Gasteiger charge is -2.10. The number of ether oxygens (including phenoxy) is 1. The van der Waals surface area contributed by atoms with Crippen molar-refractivity contribution in [3.63, 3.8) is 0 Å². The average molecular weight is 331 g/mol. The van der Waals surface area contributed by atoms with Crippen LogP contribution in [0.4, 0.5) is 4.39 Å². The third-order valence-electron chi connectivity index (χ3n) is 2.64. The normalized spacial score (nSPS) is 12.5. The first-order chi connectivity index (χ1) is 8.52. The second kappa shape index (κ2) is 5.38. The molecule has 0 amide bonds. The lowest BCUT2D eigenvalue weighted by Crippen LogP contribution is -1.99. The molecular weight excluding hydrogens is 319 g/mol. The van der Waals surface area contributed by atoms with E-state index in [-0.39, 0.29) is 5.75 Å².